The maximum absolute atomic E-state index is 12.6. The number of carbonyl (C=O) groups excluding carboxylic acids is 1. The number of hydrogen-bond donors (Lipinski definition) is 1. The lowest BCUT2D eigenvalue weighted by molar-refractivity contribution is -0.138. The SMILES string of the molecule is Cc1ccnc(NC(=O)Cn2cc(C(F)(F)F)ccc2=O)c1. The minimum Gasteiger partial charge on any atom is -0.309 e. The Morgan fingerprint density at radius 1 is 1.32 bits per heavy atom. The number of aryl methyl sites for hydroxylation is 1. The van der Waals surface area contributed by atoms with Crippen LogP contribution in [-0.4, -0.2) is 15.5 Å². The van der Waals surface area contributed by atoms with Crippen molar-refractivity contribution in [3.8, 4) is 0 Å². The first-order valence-electron chi connectivity index (χ1n) is 6.26. The standard InChI is InChI=1S/C14H12F3N3O2/c1-9-4-5-18-11(6-9)19-12(21)8-20-7-10(14(15,16)17)2-3-13(20)22/h2-7H,8H2,1H3,(H,18,19,21). The van der Waals surface area contributed by atoms with E-state index in [-0.39, 0.29) is 5.82 Å². The fraction of sp³-hybridized carbons (Fsp3) is 0.214. The summed E-state index contributed by atoms with van der Waals surface area (Å²) in [4.78, 5) is 27.3. The number of amides is 1. The van der Waals surface area contributed by atoms with Crippen LogP contribution < -0.4 is 10.9 Å². The predicted molar refractivity (Wildman–Crippen MR) is 73.3 cm³/mol. The summed E-state index contributed by atoms with van der Waals surface area (Å²) in [5, 5.41) is 2.43. The van der Waals surface area contributed by atoms with Gasteiger partial charge in [-0.1, -0.05) is 0 Å². The zero-order valence-electron chi connectivity index (χ0n) is 11.5. The van der Waals surface area contributed by atoms with Gasteiger partial charge in [0.15, 0.2) is 0 Å². The van der Waals surface area contributed by atoms with Crippen LogP contribution in [0.2, 0.25) is 0 Å². The highest BCUT2D eigenvalue weighted by Crippen LogP contribution is 2.27. The smallest absolute Gasteiger partial charge is 0.309 e. The Morgan fingerprint density at radius 3 is 2.68 bits per heavy atom. The van der Waals surface area contributed by atoms with E-state index in [1.165, 1.54) is 6.20 Å². The van der Waals surface area contributed by atoms with E-state index in [0.717, 1.165) is 11.6 Å². The van der Waals surface area contributed by atoms with Gasteiger partial charge in [-0.25, -0.2) is 4.98 Å². The van der Waals surface area contributed by atoms with E-state index >= 15 is 0 Å². The zero-order chi connectivity index (χ0) is 16.3. The minimum absolute atomic E-state index is 0.269. The lowest BCUT2D eigenvalue weighted by atomic mass is 10.2. The van der Waals surface area contributed by atoms with Gasteiger partial charge in [0.25, 0.3) is 5.56 Å². The Balaban J connectivity index is 2.16. The van der Waals surface area contributed by atoms with Crippen molar-refractivity contribution < 1.29 is 18.0 Å². The number of nitrogens with zero attached hydrogens (tertiary/aromatic N) is 2. The molecule has 0 saturated carbocycles. The molecule has 0 saturated heterocycles. The Labute approximate surface area is 123 Å². The number of anilines is 1. The topological polar surface area (TPSA) is 64.0 Å². The molecule has 0 aromatic carbocycles. The van der Waals surface area contributed by atoms with Crippen molar-refractivity contribution in [3.05, 3.63) is 58.1 Å². The zero-order valence-corrected chi connectivity index (χ0v) is 11.5. The highest BCUT2D eigenvalue weighted by atomic mass is 19.4. The van der Waals surface area contributed by atoms with Gasteiger partial charge in [0.05, 0.1) is 5.56 Å². The first-order valence-corrected chi connectivity index (χ1v) is 6.26. The van der Waals surface area contributed by atoms with Gasteiger partial charge in [0, 0.05) is 18.5 Å². The molecule has 116 valence electrons. The molecule has 8 heteroatoms. The van der Waals surface area contributed by atoms with Crippen LogP contribution in [0.25, 0.3) is 0 Å². The third kappa shape index (κ3) is 3.94. The normalized spacial score (nSPS) is 11.3. The van der Waals surface area contributed by atoms with Crippen LogP contribution in [0.3, 0.4) is 0 Å². The van der Waals surface area contributed by atoms with E-state index in [9.17, 15) is 22.8 Å². The third-order valence-corrected chi connectivity index (χ3v) is 2.81. The number of rotatable bonds is 3. The molecule has 0 radical (unpaired) electrons. The molecule has 0 spiro atoms. The fourth-order valence-electron chi connectivity index (χ4n) is 1.76. The molecule has 0 aliphatic heterocycles. The number of hydrogen-bond acceptors (Lipinski definition) is 3. The van der Waals surface area contributed by atoms with Crippen LogP contribution in [0.15, 0.2) is 41.5 Å². The first kappa shape index (κ1) is 15.7. The van der Waals surface area contributed by atoms with Crippen LogP contribution in [0.1, 0.15) is 11.1 Å². The number of pyridine rings is 2. The van der Waals surface area contributed by atoms with Crippen molar-refractivity contribution in [1.82, 2.24) is 9.55 Å². The van der Waals surface area contributed by atoms with Crippen LogP contribution >= 0.6 is 0 Å². The Hall–Kier alpha value is -2.64. The summed E-state index contributed by atoms with van der Waals surface area (Å²) in [5.41, 5.74) is -0.824. The Morgan fingerprint density at radius 2 is 2.05 bits per heavy atom. The van der Waals surface area contributed by atoms with Gasteiger partial charge in [0.1, 0.15) is 12.4 Å². The molecule has 2 rings (SSSR count). The predicted octanol–water partition coefficient (Wildman–Crippen LogP) is 2.21. The number of halogens is 3. The largest absolute Gasteiger partial charge is 0.417 e. The van der Waals surface area contributed by atoms with Gasteiger partial charge in [0.2, 0.25) is 5.91 Å². The van der Waals surface area contributed by atoms with Crippen molar-refractivity contribution >= 4 is 11.7 Å². The molecule has 0 unspecified atom stereocenters. The second-order valence-electron chi connectivity index (χ2n) is 4.65. The van der Waals surface area contributed by atoms with E-state index in [1.54, 1.807) is 19.1 Å². The van der Waals surface area contributed by atoms with Gasteiger partial charge >= 0.3 is 6.18 Å². The van der Waals surface area contributed by atoms with Gasteiger partial charge in [-0.05, 0) is 30.7 Å². The average molecular weight is 311 g/mol. The molecule has 1 amide bonds. The monoisotopic (exact) mass is 311 g/mol. The number of aromatic nitrogens is 2. The summed E-state index contributed by atoms with van der Waals surface area (Å²) >= 11 is 0. The molecule has 0 aliphatic rings. The molecular formula is C14H12F3N3O2. The second kappa shape index (κ2) is 6.00. The number of nitrogens with one attached hydrogen (secondary N) is 1. The van der Waals surface area contributed by atoms with E-state index < -0.39 is 29.8 Å². The van der Waals surface area contributed by atoms with Crippen molar-refractivity contribution in [2.24, 2.45) is 0 Å². The van der Waals surface area contributed by atoms with E-state index in [1.807, 2.05) is 0 Å². The van der Waals surface area contributed by atoms with Crippen LogP contribution in [-0.2, 0) is 17.5 Å². The van der Waals surface area contributed by atoms with Crippen molar-refractivity contribution in [2.75, 3.05) is 5.32 Å². The maximum Gasteiger partial charge on any atom is 0.417 e. The third-order valence-electron chi connectivity index (χ3n) is 2.81. The molecule has 5 nitrogen and oxygen atoms in total. The summed E-state index contributed by atoms with van der Waals surface area (Å²) in [6.07, 6.45) is -2.48. The van der Waals surface area contributed by atoms with E-state index in [4.69, 9.17) is 0 Å². The molecule has 0 bridgehead atoms. The molecule has 2 aromatic rings. The molecule has 2 aromatic heterocycles. The maximum atomic E-state index is 12.6. The molecule has 2 heterocycles. The minimum atomic E-state index is -4.58. The number of alkyl halides is 3. The van der Waals surface area contributed by atoms with E-state index in [2.05, 4.69) is 10.3 Å². The molecule has 0 aliphatic carbocycles. The highest BCUT2D eigenvalue weighted by molar-refractivity contribution is 5.89. The van der Waals surface area contributed by atoms with Crippen LogP contribution in [0, 0.1) is 6.92 Å². The summed E-state index contributed by atoms with van der Waals surface area (Å²) < 4.78 is 38.5. The molecule has 1 N–H and O–H groups in total. The molecule has 22 heavy (non-hydrogen) atoms. The van der Waals surface area contributed by atoms with Crippen LogP contribution in [0.5, 0.6) is 0 Å². The lowest BCUT2D eigenvalue weighted by Gasteiger charge is -2.10. The summed E-state index contributed by atoms with van der Waals surface area (Å²) in [7, 11) is 0. The molecular weight excluding hydrogens is 299 g/mol. The van der Waals surface area contributed by atoms with Gasteiger partial charge in [-0.3, -0.25) is 9.59 Å². The van der Waals surface area contributed by atoms with Crippen molar-refractivity contribution in [2.45, 2.75) is 19.6 Å². The van der Waals surface area contributed by atoms with Crippen LogP contribution in [0.4, 0.5) is 19.0 Å². The first-order chi connectivity index (χ1) is 10.3. The summed E-state index contributed by atoms with van der Waals surface area (Å²) in [6.45, 7) is 1.27. The summed E-state index contributed by atoms with van der Waals surface area (Å²) in [5.74, 6) is -0.371. The average Bonchev–Trinajstić information content (AvgIpc) is 2.40. The Bertz CT molecular complexity index is 753. The fourth-order valence-corrected chi connectivity index (χ4v) is 1.76. The second-order valence-corrected chi connectivity index (χ2v) is 4.65. The van der Waals surface area contributed by atoms with Crippen molar-refractivity contribution in [1.29, 1.82) is 0 Å². The highest BCUT2D eigenvalue weighted by Gasteiger charge is 2.31. The van der Waals surface area contributed by atoms with E-state index in [0.29, 0.717) is 16.8 Å². The quantitative estimate of drug-likeness (QED) is 0.945. The lowest BCUT2D eigenvalue weighted by Crippen LogP contribution is -2.28. The molecule has 0 atom stereocenters. The van der Waals surface area contributed by atoms with Gasteiger partial charge in [-0.15, -0.1) is 0 Å². The Kier molecular flexibility index (Phi) is 4.30. The van der Waals surface area contributed by atoms with Gasteiger partial charge in [-0.2, -0.15) is 13.2 Å². The summed E-state index contributed by atoms with van der Waals surface area (Å²) in [6, 6.07) is 4.79. The molecule has 0 fully saturated rings. The van der Waals surface area contributed by atoms with Gasteiger partial charge < -0.3 is 9.88 Å². The van der Waals surface area contributed by atoms with Crippen molar-refractivity contribution in [3.63, 3.8) is 0 Å². The number of carbonyl (C=O) groups is 1.